The Hall–Kier alpha value is -1.09. The Labute approximate surface area is 102 Å². The number of halogens is 1. The molecule has 94 valence electrons. The van der Waals surface area contributed by atoms with Crippen molar-refractivity contribution in [3.05, 3.63) is 29.6 Å². The molecule has 1 heterocycles. The highest BCUT2D eigenvalue weighted by Crippen LogP contribution is 2.39. The Morgan fingerprint density at radius 2 is 2.24 bits per heavy atom. The summed E-state index contributed by atoms with van der Waals surface area (Å²) in [6.45, 7) is 7.20. The molecular weight excluding hydrogens is 217 g/mol. The van der Waals surface area contributed by atoms with Crippen LogP contribution in [0.25, 0.3) is 0 Å². The average molecular weight is 237 g/mol. The molecule has 1 atom stereocenters. The van der Waals surface area contributed by atoms with Gasteiger partial charge in [0.25, 0.3) is 0 Å². The van der Waals surface area contributed by atoms with E-state index in [1.165, 1.54) is 12.1 Å². The van der Waals surface area contributed by atoms with Crippen LogP contribution in [0.1, 0.15) is 45.2 Å². The maximum absolute atomic E-state index is 13.2. The quantitative estimate of drug-likeness (QED) is 0.869. The third-order valence-electron chi connectivity index (χ3n) is 3.07. The van der Waals surface area contributed by atoms with Crippen LogP contribution >= 0.6 is 0 Å². The second-order valence-electron chi connectivity index (χ2n) is 5.25. The third-order valence-corrected chi connectivity index (χ3v) is 3.07. The molecule has 0 saturated carbocycles. The van der Waals surface area contributed by atoms with Crippen LogP contribution in [0.4, 0.5) is 4.39 Å². The Morgan fingerprint density at radius 3 is 2.94 bits per heavy atom. The second-order valence-corrected chi connectivity index (χ2v) is 5.25. The van der Waals surface area contributed by atoms with Gasteiger partial charge < -0.3 is 10.1 Å². The van der Waals surface area contributed by atoms with E-state index in [1.54, 1.807) is 0 Å². The molecule has 0 aliphatic carbocycles. The smallest absolute Gasteiger partial charge is 0.127 e. The highest BCUT2D eigenvalue weighted by Gasteiger charge is 2.33. The standard InChI is InChI=1S/C14H20FNO/c1-4-7-16-12-9-14(2,3)17-13-8-10(15)5-6-11(12)13/h5-6,8,12,16H,4,7,9H2,1-3H3. The third kappa shape index (κ3) is 2.78. The van der Waals surface area contributed by atoms with Crippen LogP contribution in [0.5, 0.6) is 5.75 Å². The van der Waals surface area contributed by atoms with Gasteiger partial charge >= 0.3 is 0 Å². The van der Waals surface area contributed by atoms with E-state index in [1.807, 2.05) is 19.9 Å². The van der Waals surface area contributed by atoms with Crippen molar-refractivity contribution in [2.45, 2.75) is 45.3 Å². The molecule has 1 aliphatic rings. The van der Waals surface area contributed by atoms with Crippen LogP contribution in [0, 0.1) is 5.82 Å². The van der Waals surface area contributed by atoms with Crippen molar-refractivity contribution in [3.8, 4) is 5.75 Å². The van der Waals surface area contributed by atoms with Crippen LogP contribution in [-0.4, -0.2) is 12.1 Å². The highest BCUT2D eigenvalue weighted by molar-refractivity contribution is 5.39. The molecule has 1 unspecified atom stereocenters. The first-order valence-corrected chi connectivity index (χ1v) is 6.24. The van der Waals surface area contributed by atoms with Gasteiger partial charge in [-0.25, -0.2) is 4.39 Å². The van der Waals surface area contributed by atoms with Crippen LogP contribution in [0.3, 0.4) is 0 Å². The van der Waals surface area contributed by atoms with Crippen molar-refractivity contribution in [1.29, 1.82) is 0 Å². The normalized spacial score (nSPS) is 21.8. The fraction of sp³-hybridized carbons (Fsp3) is 0.571. The number of benzene rings is 1. The molecule has 0 bridgehead atoms. The zero-order chi connectivity index (χ0) is 12.5. The van der Waals surface area contributed by atoms with E-state index in [9.17, 15) is 4.39 Å². The largest absolute Gasteiger partial charge is 0.487 e. The van der Waals surface area contributed by atoms with Gasteiger partial charge in [-0.15, -0.1) is 0 Å². The summed E-state index contributed by atoms with van der Waals surface area (Å²) >= 11 is 0. The Bertz CT molecular complexity index is 403. The maximum Gasteiger partial charge on any atom is 0.127 e. The van der Waals surface area contributed by atoms with Crippen LogP contribution in [0.15, 0.2) is 18.2 Å². The zero-order valence-electron chi connectivity index (χ0n) is 10.7. The van der Waals surface area contributed by atoms with E-state index in [0.29, 0.717) is 5.75 Å². The first-order valence-electron chi connectivity index (χ1n) is 6.24. The Balaban J connectivity index is 2.30. The van der Waals surface area contributed by atoms with Crippen LogP contribution in [-0.2, 0) is 0 Å². The van der Waals surface area contributed by atoms with Gasteiger partial charge in [0.2, 0.25) is 0 Å². The average Bonchev–Trinajstić information content (AvgIpc) is 2.23. The minimum absolute atomic E-state index is 0.240. The molecule has 0 aromatic heterocycles. The molecule has 1 N–H and O–H groups in total. The summed E-state index contributed by atoms with van der Waals surface area (Å²) in [5.41, 5.74) is 0.825. The van der Waals surface area contributed by atoms with Gasteiger partial charge in [-0.05, 0) is 32.9 Å². The number of rotatable bonds is 3. The van der Waals surface area contributed by atoms with Crippen molar-refractivity contribution in [3.63, 3.8) is 0 Å². The van der Waals surface area contributed by atoms with Gasteiger partial charge in [-0.1, -0.05) is 13.0 Å². The first kappa shape index (κ1) is 12.4. The van der Waals surface area contributed by atoms with Crippen LogP contribution < -0.4 is 10.1 Å². The summed E-state index contributed by atoms with van der Waals surface area (Å²) in [4.78, 5) is 0. The fourth-order valence-corrected chi connectivity index (χ4v) is 2.33. The lowest BCUT2D eigenvalue weighted by Gasteiger charge is -2.38. The minimum atomic E-state index is -0.244. The van der Waals surface area contributed by atoms with E-state index in [0.717, 1.165) is 24.9 Å². The summed E-state index contributed by atoms with van der Waals surface area (Å²) < 4.78 is 19.1. The number of ether oxygens (including phenoxy) is 1. The Morgan fingerprint density at radius 1 is 1.47 bits per heavy atom. The van der Waals surface area contributed by atoms with Crippen molar-refractivity contribution in [2.24, 2.45) is 0 Å². The first-order chi connectivity index (χ1) is 8.02. The second kappa shape index (κ2) is 4.65. The topological polar surface area (TPSA) is 21.3 Å². The Kier molecular flexibility index (Phi) is 3.38. The van der Waals surface area contributed by atoms with Crippen molar-refractivity contribution < 1.29 is 9.13 Å². The molecule has 3 heteroatoms. The van der Waals surface area contributed by atoms with Gasteiger partial charge in [0, 0.05) is 24.1 Å². The number of nitrogens with one attached hydrogen (secondary N) is 1. The summed E-state index contributed by atoms with van der Waals surface area (Å²) in [5.74, 6) is 0.436. The number of hydrogen-bond acceptors (Lipinski definition) is 2. The van der Waals surface area contributed by atoms with Crippen molar-refractivity contribution in [2.75, 3.05) is 6.54 Å². The highest BCUT2D eigenvalue weighted by atomic mass is 19.1. The summed E-state index contributed by atoms with van der Waals surface area (Å²) in [5, 5.41) is 3.50. The fourth-order valence-electron chi connectivity index (χ4n) is 2.33. The van der Waals surface area contributed by atoms with E-state index in [2.05, 4.69) is 12.2 Å². The molecule has 1 aliphatic heterocycles. The van der Waals surface area contributed by atoms with Gasteiger partial charge in [0.15, 0.2) is 0 Å². The molecular formula is C14H20FNO. The molecule has 0 radical (unpaired) electrons. The lowest BCUT2D eigenvalue weighted by Crippen LogP contribution is -2.39. The predicted octanol–water partition coefficient (Wildman–Crippen LogP) is 3.43. The monoisotopic (exact) mass is 237 g/mol. The molecule has 0 spiro atoms. The van der Waals surface area contributed by atoms with E-state index in [-0.39, 0.29) is 17.5 Å². The van der Waals surface area contributed by atoms with Gasteiger partial charge in [-0.3, -0.25) is 0 Å². The molecule has 0 amide bonds. The maximum atomic E-state index is 13.2. The lowest BCUT2D eigenvalue weighted by atomic mass is 9.89. The molecule has 1 aromatic carbocycles. The molecule has 2 nitrogen and oxygen atoms in total. The predicted molar refractivity (Wildman–Crippen MR) is 66.8 cm³/mol. The number of hydrogen-bond donors (Lipinski definition) is 1. The molecule has 0 saturated heterocycles. The SMILES string of the molecule is CCCNC1CC(C)(C)Oc2cc(F)ccc21. The van der Waals surface area contributed by atoms with Gasteiger partial charge in [0.05, 0.1) is 0 Å². The molecule has 0 fully saturated rings. The summed E-state index contributed by atoms with van der Waals surface area (Å²) in [6, 6.07) is 5.07. The lowest BCUT2D eigenvalue weighted by molar-refractivity contribution is 0.0657. The van der Waals surface area contributed by atoms with Crippen molar-refractivity contribution >= 4 is 0 Å². The molecule has 1 aromatic rings. The van der Waals surface area contributed by atoms with E-state index >= 15 is 0 Å². The minimum Gasteiger partial charge on any atom is -0.487 e. The van der Waals surface area contributed by atoms with Gasteiger partial charge in [0.1, 0.15) is 17.2 Å². The van der Waals surface area contributed by atoms with Crippen molar-refractivity contribution in [1.82, 2.24) is 5.32 Å². The van der Waals surface area contributed by atoms with E-state index in [4.69, 9.17) is 4.74 Å². The van der Waals surface area contributed by atoms with Gasteiger partial charge in [-0.2, -0.15) is 0 Å². The summed E-state index contributed by atoms with van der Waals surface area (Å²) in [7, 11) is 0. The van der Waals surface area contributed by atoms with Crippen LogP contribution in [0.2, 0.25) is 0 Å². The zero-order valence-corrected chi connectivity index (χ0v) is 10.7. The molecule has 17 heavy (non-hydrogen) atoms. The molecule has 2 rings (SSSR count). The van der Waals surface area contributed by atoms with E-state index < -0.39 is 0 Å². The summed E-state index contributed by atoms with van der Waals surface area (Å²) in [6.07, 6.45) is 2.00. The number of fused-ring (bicyclic) bond motifs is 1.